The molecule has 1 amide bonds. The summed E-state index contributed by atoms with van der Waals surface area (Å²) in [5.74, 6) is -1.80. The number of amides is 1. The summed E-state index contributed by atoms with van der Waals surface area (Å²) >= 11 is 0. The summed E-state index contributed by atoms with van der Waals surface area (Å²) in [5.41, 5.74) is 5.43. The molecule has 0 aliphatic rings. The Labute approximate surface area is 103 Å². The van der Waals surface area contributed by atoms with Gasteiger partial charge in [-0.2, -0.15) is 0 Å². The molecule has 0 aliphatic carbocycles. The Morgan fingerprint density at radius 3 is 2.89 bits per heavy atom. The Morgan fingerprint density at radius 1 is 1.56 bits per heavy atom. The van der Waals surface area contributed by atoms with Gasteiger partial charge in [-0.25, -0.2) is 4.79 Å². The number of carbonyl (C=O) groups is 2. The van der Waals surface area contributed by atoms with Crippen molar-refractivity contribution in [3.05, 3.63) is 11.9 Å². The highest BCUT2D eigenvalue weighted by atomic mass is 16.4. The molecule has 0 bridgehead atoms. The summed E-state index contributed by atoms with van der Waals surface area (Å²) in [7, 11) is 0. The third-order valence-electron chi connectivity index (χ3n) is 2.12. The van der Waals surface area contributed by atoms with Crippen LogP contribution in [0.1, 0.15) is 16.9 Å². The first kappa shape index (κ1) is 14.1. The van der Waals surface area contributed by atoms with Crippen LogP contribution in [0, 0.1) is 0 Å². The topological polar surface area (TPSA) is 143 Å². The molecule has 1 rings (SSSR count). The van der Waals surface area contributed by atoms with E-state index in [-0.39, 0.29) is 18.7 Å². The van der Waals surface area contributed by atoms with Gasteiger partial charge in [0.1, 0.15) is 0 Å². The zero-order chi connectivity index (χ0) is 13.5. The molecule has 0 saturated heterocycles. The molecule has 0 aliphatic heterocycles. The van der Waals surface area contributed by atoms with E-state index < -0.39 is 18.0 Å². The fourth-order valence-electron chi connectivity index (χ4n) is 1.18. The van der Waals surface area contributed by atoms with E-state index in [0.29, 0.717) is 13.1 Å². The van der Waals surface area contributed by atoms with Gasteiger partial charge in [0, 0.05) is 19.5 Å². The van der Waals surface area contributed by atoms with Gasteiger partial charge in [0.05, 0.1) is 12.7 Å². The number of aromatic nitrogens is 3. The number of nitrogens with zero attached hydrogens (tertiary/aromatic N) is 3. The molecule has 5 N–H and O–H groups in total. The van der Waals surface area contributed by atoms with Crippen LogP contribution in [-0.2, 0) is 11.3 Å². The van der Waals surface area contributed by atoms with Gasteiger partial charge < -0.3 is 21.3 Å². The summed E-state index contributed by atoms with van der Waals surface area (Å²) in [4.78, 5) is 21.8. The molecule has 18 heavy (non-hydrogen) atoms. The number of aliphatic hydroxyl groups is 1. The van der Waals surface area contributed by atoms with E-state index >= 15 is 0 Å². The number of aliphatic carboxylic acids is 1. The van der Waals surface area contributed by atoms with Gasteiger partial charge in [-0.05, 0) is 0 Å². The number of rotatable bonds is 7. The molecule has 0 radical (unpaired) electrons. The zero-order valence-corrected chi connectivity index (χ0v) is 9.61. The summed E-state index contributed by atoms with van der Waals surface area (Å²) < 4.78 is 1.43. The Morgan fingerprint density at radius 2 is 2.28 bits per heavy atom. The number of carboxylic acid groups (broad SMARTS) is 1. The van der Waals surface area contributed by atoms with Gasteiger partial charge in [-0.1, -0.05) is 5.21 Å². The first-order valence-corrected chi connectivity index (χ1v) is 5.34. The standard InChI is InChI=1S/C9H15N5O4/c10-2-4-14-5-6(12-13-14)8(16)11-3-1-7(15)9(17)18/h5,7,15H,1-4,10H2,(H,11,16)(H,17,18)/t7-/m0/s1. The van der Waals surface area contributed by atoms with E-state index in [1.54, 1.807) is 0 Å². The van der Waals surface area contributed by atoms with E-state index in [4.69, 9.17) is 15.9 Å². The maximum atomic E-state index is 11.5. The lowest BCUT2D eigenvalue weighted by molar-refractivity contribution is -0.146. The first-order valence-electron chi connectivity index (χ1n) is 5.34. The fraction of sp³-hybridized carbons (Fsp3) is 0.556. The number of hydrogen-bond donors (Lipinski definition) is 4. The van der Waals surface area contributed by atoms with Crippen LogP contribution >= 0.6 is 0 Å². The van der Waals surface area contributed by atoms with Gasteiger partial charge in [0.2, 0.25) is 0 Å². The Hall–Kier alpha value is -2.00. The summed E-state index contributed by atoms with van der Waals surface area (Å²) in [6, 6.07) is 0. The van der Waals surface area contributed by atoms with Crippen molar-refractivity contribution in [2.75, 3.05) is 13.1 Å². The van der Waals surface area contributed by atoms with Crippen molar-refractivity contribution in [2.45, 2.75) is 19.1 Å². The van der Waals surface area contributed by atoms with Crippen LogP contribution in [0.5, 0.6) is 0 Å². The van der Waals surface area contributed by atoms with Crippen molar-refractivity contribution in [3.8, 4) is 0 Å². The lowest BCUT2D eigenvalue weighted by Crippen LogP contribution is -2.30. The van der Waals surface area contributed by atoms with Crippen LogP contribution in [0.2, 0.25) is 0 Å². The maximum absolute atomic E-state index is 11.5. The van der Waals surface area contributed by atoms with Crippen LogP contribution in [0.25, 0.3) is 0 Å². The van der Waals surface area contributed by atoms with E-state index in [0.717, 1.165) is 0 Å². The SMILES string of the molecule is NCCn1cc(C(=O)NCC[C@H](O)C(=O)O)nn1. The molecule has 9 heteroatoms. The molecule has 9 nitrogen and oxygen atoms in total. The normalized spacial score (nSPS) is 12.1. The molecule has 0 unspecified atom stereocenters. The van der Waals surface area contributed by atoms with Crippen molar-refractivity contribution in [1.82, 2.24) is 20.3 Å². The van der Waals surface area contributed by atoms with Crippen molar-refractivity contribution in [3.63, 3.8) is 0 Å². The minimum atomic E-state index is -1.49. The molecular weight excluding hydrogens is 242 g/mol. The predicted octanol–water partition coefficient (Wildman–Crippen LogP) is -2.20. The van der Waals surface area contributed by atoms with Gasteiger partial charge in [0.25, 0.3) is 5.91 Å². The van der Waals surface area contributed by atoms with Gasteiger partial charge in [0.15, 0.2) is 11.8 Å². The molecule has 0 saturated carbocycles. The minimum Gasteiger partial charge on any atom is -0.479 e. The quantitative estimate of drug-likeness (QED) is 0.434. The van der Waals surface area contributed by atoms with Crippen molar-refractivity contribution in [2.24, 2.45) is 5.73 Å². The smallest absolute Gasteiger partial charge is 0.332 e. The molecule has 1 atom stereocenters. The van der Waals surface area contributed by atoms with Crippen LogP contribution in [-0.4, -0.2) is 56.3 Å². The average molecular weight is 257 g/mol. The molecule has 1 aromatic heterocycles. The average Bonchev–Trinajstić information content (AvgIpc) is 2.77. The highest BCUT2D eigenvalue weighted by Gasteiger charge is 2.14. The highest BCUT2D eigenvalue weighted by molar-refractivity contribution is 5.91. The van der Waals surface area contributed by atoms with E-state index in [9.17, 15) is 9.59 Å². The van der Waals surface area contributed by atoms with Crippen LogP contribution in [0.3, 0.4) is 0 Å². The summed E-state index contributed by atoms with van der Waals surface area (Å²) in [6.45, 7) is 0.878. The van der Waals surface area contributed by atoms with Crippen LogP contribution in [0.4, 0.5) is 0 Å². The molecule has 1 heterocycles. The number of nitrogens with two attached hydrogens (primary N) is 1. The minimum absolute atomic E-state index is 0.0377. The molecule has 0 spiro atoms. The summed E-state index contributed by atoms with van der Waals surface area (Å²) in [5, 5.41) is 27.2. The molecular formula is C9H15N5O4. The molecule has 1 aromatic rings. The van der Waals surface area contributed by atoms with Gasteiger partial charge in [-0.3, -0.25) is 9.48 Å². The van der Waals surface area contributed by atoms with Crippen molar-refractivity contribution >= 4 is 11.9 Å². The third kappa shape index (κ3) is 4.11. The molecule has 0 fully saturated rings. The fourth-order valence-corrected chi connectivity index (χ4v) is 1.18. The maximum Gasteiger partial charge on any atom is 0.332 e. The second-order valence-corrected chi connectivity index (χ2v) is 3.55. The Balaban J connectivity index is 2.38. The highest BCUT2D eigenvalue weighted by Crippen LogP contribution is 1.94. The second-order valence-electron chi connectivity index (χ2n) is 3.55. The van der Waals surface area contributed by atoms with E-state index in [2.05, 4.69) is 15.6 Å². The molecule has 100 valence electrons. The molecule has 0 aromatic carbocycles. The number of nitrogens with one attached hydrogen (secondary N) is 1. The van der Waals surface area contributed by atoms with Gasteiger partial charge in [-0.15, -0.1) is 5.10 Å². The summed E-state index contributed by atoms with van der Waals surface area (Å²) in [6.07, 6.45) is -0.119. The van der Waals surface area contributed by atoms with Gasteiger partial charge >= 0.3 is 5.97 Å². The zero-order valence-electron chi connectivity index (χ0n) is 9.61. The Kier molecular flexibility index (Phi) is 5.21. The van der Waals surface area contributed by atoms with Crippen molar-refractivity contribution < 1.29 is 19.8 Å². The largest absolute Gasteiger partial charge is 0.479 e. The Bertz CT molecular complexity index is 419. The number of carbonyl (C=O) groups excluding carboxylic acids is 1. The van der Waals surface area contributed by atoms with E-state index in [1.807, 2.05) is 0 Å². The van der Waals surface area contributed by atoms with Crippen LogP contribution in [0.15, 0.2) is 6.20 Å². The number of hydrogen-bond acceptors (Lipinski definition) is 6. The third-order valence-corrected chi connectivity index (χ3v) is 2.12. The lowest BCUT2D eigenvalue weighted by atomic mass is 10.2. The van der Waals surface area contributed by atoms with Crippen LogP contribution < -0.4 is 11.1 Å². The lowest BCUT2D eigenvalue weighted by Gasteiger charge is -2.05. The monoisotopic (exact) mass is 257 g/mol. The second kappa shape index (κ2) is 6.67. The first-order chi connectivity index (χ1) is 8.54. The number of aliphatic hydroxyl groups excluding tert-OH is 1. The predicted molar refractivity (Wildman–Crippen MR) is 59.7 cm³/mol. The number of carboxylic acids is 1. The van der Waals surface area contributed by atoms with E-state index in [1.165, 1.54) is 10.9 Å². The van der Waals surface area contributed by atoms with Crippen molar-refractivity contribution in [1.29, 1.82) is 0 Å².